The van der Waals surface area contributed by atoms with Crippen molar-refractivity contribution >= 4 is 0 Å². The van der Waals surface area contributed by atoms with Crippen molar-refractivity contribution in [1.29, 1.82) is 0 Å². The van der Waals surface area contributed by atoms with Gasteiger partial charge in [0.15, 0.2) is 5.75 Å². The Hall–Kier alpha value is -1.33. The predicted molar refractivity (Wildman–Crippen MR) is 78.2 cm³/mol. The van der Waals surface area contributed by atoms with E-state index in [4.69, 9.17) is 4.74 Å². The Morgan fingerprint density at radius 2 is 1.90 bits per heavy atom. The molecule has 0 radical (unpaired) electrons. The highest BCUT2D eigenvalue weighted by molar-refractivity contribution is 5.31. The standard InChI is InChI=1S/C15H24N2O3/c1-11-9-13(18)14(19)12(17(11)15(2,3)4)10-16-5-7-20-8-6-16/h9,19H,5-8,10H2,1-4H3. The lowest BCUT2D eigenvalue weighted by atomic mass is 10.1. The van der Waals surface area contributed by atoms with Gasteiger partial charge >= 0.3 is 0 Å². The van der Waals surface area contributed by atoms with Crippen LogP contribution in [0.25, 0.3) is 0 Å². The fourth-order valence-electron chi connectivity index (χ4n) is 2.83. The summed E-state index contributed by atoms with van der Waals surface area (Å²) in [4.78, 5) is 14.1. The minimum Gasteiger partial charge on any atom is -0.503 e. The number of aryl methyl sites for hydroxylation is 1. The predicted octanol–water partition coefficient (Wildman–Crippen LogP) is 1.45. The molecule has 1 saturated heterocycles. The van der Waals surface area contributed by atoms with E-state index in [0.29, 0.717) is 25.5 Å². The van der Waals surface area contributed by atoms with E-state index in [1.54, 1.807) is 0 Å². The van der Waals surface area contributed by atoms with E-state index in [9.17, 15) is 9.90 Å². The molecule has 0 saturated carbocycles. The van der Waals surface area contributed by atoms with Crippen molar-refractivity contribution in [3.05, 3.63) is 27.7 Å². The van der Waals surface area contributed by atoms with Gasteiger partial charge in [0.2, 0.25) is 5.43 Å². The molecule has 5 heteroatoms. The first kappa shape index (κ1) is 15.1. The van der Waals surface area contributed by atoms with Gasteiger partial charge in [-0.15, -0.1) is 0 Å². The van der Waals surface area contributed by atoms with Crippen LogP contribution < -0.4 is 5.43 Å². The maximum Gasteiger partial charge on any atom is 0.223 e. The molecule has 0 unspecified atom stereocenters. The first-order valence-electron chi connectivity index (χ1n) is 7.06. The average Bonchev–Trinajstić information content (AvgIpc) is 2.35. The summed E-state index contributed by atoms with van der Waals surface area (Å²) >= 11 is 0. The molecule has 1 aliphatic heterocycles. The van der Waals surface area contributed by atoms with Crippen molar-refractivity contribution in [2.45, 2.75) is 39.8 Å². The van der Waals surface area contributed by atoms with Crippen molar-refractivity contribution in [3.63, 3.8) is 0 Å². The zero-order chi connectivity index (χ0) is 14.9. The zero-order valence-corrected chi connectivity index (χ0v) is 12.8. The Morgan fingerprint density at radius 1 is 1.30 bits per heavy atom. The molecule has 0 amide bonds. The molecule has 0 aliphatic carbocycles. The summed E-state index contributed by atoms with van der Waals surface area (Å²) in [5.41, 5.74) is 1.09. The number of aromatic hydroxyl groups is 1. The van der Waals surface area contributed by atoms with Gasteiger partial charge in [0.05, 0.1) is 18.9 Å². The summed E-state index contributed by atoms with van der Waals surface area (Å²) in [5, 5.41) is 10.2. The highest BCUT2D eigenvalue weighted by Crippen LogP contribution is 2.25. The lowest BCUT2D eigenvalue weighted by molar-refractivity contribution is 0.0321. The van der Waals surface area contributed by atoms with Crippen molar-refractivity contribution < 1.29 is 9.84 Å². The third kappa shape index (κ3) is 3.04. The Kier molecular flexibility index (Phi) is 4.20. The molecule has 1 N–H and O–H groups in total. The molecule has 5 nitrogen and oxygen atoms in total. The van der Waals surface area contributed by atoms with Gasteiger partial charge < -0.3 is 14.4 Å². The first-order chi connectivity index (χ1) is 9.30. The number of hydrogen-bond acceptors (Lipinski definition) is 4. The van der Waals surface area contributed by atoms with Crippen LogP contribution in [0.2, 0.25) is 0 Å². The van der Waals surface area contributed by atoms with Gasteiger partial charge in [-0.3, -0.25) is 9.69 Å². The fraction of sp³-hybridized carbons (Fsp3) is 0.667. The van der Waals surface area contributed by atoms with Crippen molar-refractivity contribution in [2.24, 2.45) is 0 Å². The number of hydrogen-bond donors (Lipinski definition) is 1. The maximum atomic E-state index is 11.9. The summed E-state index contributed by atoms with van der Waals surface area (Å²) in [5.74, 6) is -0.128. The van der Waals surface area contributed by atoms with Gasteiger partial charge in [0, 0.05) is 36.9 Å². The van der Waals surface area contributed by atoms with Crippen LogP contribution in [0.15, 0.2) is 10.9 Å². The molecule has 1 aromatic heterocycles. The zero-order valence-electron chi connectivity index (χ0n) is 12.8. The van der Waals surface area contributed by atoms with Crippen molar-refractivity contribution in [3.8, 4) is 5.75 Å². The molecule has 0 aromatic carbocycles. The van der Waals surface area contributed by atoms with Gasteiger partial charge in [-0.2, -0.15) is 0 Å². The number of pyridine rings is 1. The quantitative estimate of drug-likeness (QED) is 0.891. The van der Waals surface area contributed by atoms with E-state index in [0.717, 1.165) is 18.8 Å². The normalized spacial score (nSPS) is 17.4. The maximum absolute atomic E-state index is 11.9. The molecule has 2 rings (SSSR count). The van der Waals surface area contributed by atoms with Crippen LogP contribution in [0.3, 0.4) is 0 Å². The summed E-state index contributed by atoms with van der Waals surface area (Å²) in [6.45, 7) is 11.8. The van der Waals surface area contributed by atoms with E-state index < -0.39 is 0 Å². The molecule has 0 spiro atoms. The van der Waals surface area contributed by atoms with Gasteiger partial charge in [0.25, 0.3) is 0 Å². The molecular formula is C15H24N2O3. The molecular weight excluding hydrogens is 256 g/mol. The lowest BCUT2D eigenvalue weighted by Gasteiger charge is -2.33. The second-order valence-electron chi connectivity index (χ2n) is 6.34. The smallest absolute Gasteiger partial charge is 0.223 e. The summed E-state index contributed by atoms with van der Waals surface area (Å²) in [6, 6.07) is 1.50. The molecule has 1 aliphatic rings. The second-order valence-corrected chi connectivity index (χ2v) is 6.34. The Labute approximate surface area is 119 Å². The largest absolute Gasteiger partial charge is 0.503 e. The summed E-state index contributed by atoms with van der Waals surface area (Å²) < 4.78 is 7.39. The number of aromatic nitrogens is 1. The van der Waals surface area contributed by atoms with E-state index in [-0.39, 0.29) is 16.7 Å². The Balaban J connectivity index is 2.45. The summed E-state index contributed by atoms with van der Waals surface area (Å²) in [6.07, 6.45) is 0. The van der Waals surface area contributed by atoms with Crippen LogP contribution in [0.4, 0.5) is 0 Å². The van der Waals surface area contributed by atoms with E-state index >= 15 is 0 Å². The Morgan fingerprint density at radius 3 is 2.45 bits per heavy atom. The number of ether oxygens (including phenoxy) is 1. The third-order valence-corrected chi connectivity index (χ3v) is 3.62. The second kappa shape index (κ2) is 5.58. The van der Waals surface area contributed by atoms with E-state index in [1.165, 1.54) is 6.07 Å². The van der Waals surface area contributed by atoms with Crippen molar-refractivity contribution in [2.75, 3.05) is 26.3 Å². The molecule has 2 heterocycles. The average molecular weight is 280 g/mol. The minimum atomic E-state index is -0.300. The van der Waals surface area contributed by atoms with Gasteiger partial charge in [-0.1, -0.05) is 0 Å². The number of nitrogens with zero attached hydrogens (tertiary/aromatic N) is 2. The van der Waals surface area contributed by atoms with Gasteiger partial charge in [-0.05, 0) is 27.7 Å². The molecule has 1 aromatic rings. The van der Waals surface area contributed by atoms with Crippen LogP contribution in [0.5, 0.6) is 5.75 Å². The van der Waals surface area contributed by atoms with Crippen LogP contribution in [0.1, 0.15) is 32.2 Å². The molecule has 0 atom stereocenters. The first-order valence-corrected chi connectivity index (χ1v) is 7.06. The monoisotopic (exact) mass is 280 g/mol. The Bertz CT molecular complexity index is 537. The molecule has 1 fully saturated rings. The number of rotatable bonds is 2. The molecule has 0 bridgehead atoms. The third-order valence-electron chi connectivity index (χ3n) is 3.62. The number of morpholine rings is 1. The fourth-order valence-corrected chi connectivity index (χ4v) is 2.83. The van der Waals surface area contributed by atoms with Crippen molar-refractivity contribution in [1.82, 2.24) is 9.47 Å². The SMILES string of the molecule is Cc1cc(=O)c(O)c(CN2CCOCC2)n1C(C)(C)C. The molecule has 112 valence electrons. The molecule has 20 heavy (non-hydrogen) atoms. The summed E-state index contributed by atoms with van der Waals surface area (Å²) in [7, 11) is 0. The van der Waals surface area contributed by atoms with Crippen LogP contribution >= 0.6 is 0 Å². The van der Waals surface area contributed by atoms with Gasteiger partial charge in [-0.25, -0.2) is 0 Å². The lowest BCUT2D eigenvalue weighted by Crippen LogP contribution is -2.38. The van der Waals surface area contributed by atoms with E-state index in [1.807, 2.05) is 6.92 Å². The van der Waals surface area contributed by atoms with Crippen LogP contribution in [0, 0.1) is 6.92 Å². The highest BCUT2D eigenvalue weighted by Gasteiger charge is 2.24. The highest BCUT2D eigenvalue weighted by atomic mass is 16.5. The minimum absolute atomic E-state index is 0.128. The topological polar surface area (TPSA) is 54.7 Å². The van der Waals surface area contributed by atoms with Crippen LogP contribution in [-0.2, 0) is 16.8 Å². The van der Waals surface area contributed by atoms with Crippen LogP contribution in [-0.4, -0.2) is 40.9 Å². The van der Waals surface area contributed by atoms with Gasteiger partial charge in [0.1, 0.15) is 0 Å². The van der Waals surface area contributed by atoms with E-state index in [2.05, 4.69) is 30.2 Å².